The molecule has 0 amide bonds. The molecule has 4 nitrogen and oxygen atoms in total. The van der Waals surface area contributed by atoms with Crippen molar-refractivity contribution < 1.29 is 4.80 Å². The van der Waals surface area contributed by atoms with Crippen LogP contribution in [0.25, 0.3) is 0 Å². The fourth-order valence-corrected chi connectivity index (χ4v) is 4.45. The van der Waals surface area contributed by atoms with Crippen LogP contribution in [0.3, 0.4) is 0 Å². The van der Waals surface area contributed by atoms with Gasteiger partial charge in [-0.15, -0.1) is 0 Å². The molecular formula is C22H33N3OSi. The number of hydrogen-bond acceptors (Lipinski definition) is 4. The molecule has 2 aromatic rings. The normalized spacial score (nSPS) is 17.7. The molecule has 0 radical (unpaired) electrons. The highest BCUT2D eigenvalue weighted by Crippen LogP contribution is 2.42. The van der Waals surface area contributed by atoms with Crippen LogP contribution in [-0.4, -0.2) is 24.6 Å². The van der Waals surface area contributed by atoms with Crippen LogP contribution in [0.1, 0.15) is 37.9 Å². The third-order valence-corrected chi connectivity index (χ3v) is 9.88. The molecule has 0 spiro atoms. The van der Waals surface area contributed by atoms with Gasteiger partial charge in [0, 0.05) is 13.1 Å². The van der Waals surface area contributed by atoms with E-state index in [0.29, 0.717) is 5.92 Å². The van der Waals surface area contributed by atoms with Crippen molar-refractivity contribution >= 4 is 19.7 Å². The Balaban J connectivity index is 1.78. The van der Waals surface area contributed by atoms with Gasteiger partial charge in [-0.3, -0.25) is 4.98 Å². The highest BCUT2D eigenvalue weighted by atomic mass is 28.4. The number of nitrogen functional groups attached to an aromatic ring is 1. The SMILES string of the molecule is CC(C)(CCC1Cc2ncc(N)cc2N(Cc2ccccc2)C1)[Si](C)(C)O. The van der Waals surface area contributed by atoms with E-state index in [1.807, 2.05) is 0 Å². The third-order valence-electron chi connectivity index (χ3n) is 6.32. The van der Waals surface area contributed by atoms with E-state index in [2.05, 4.69) is 73.2 Å². The number of rotatable bonds is 6. The average Bonchev–Trinajstić information content (AvgIpc) is 2.60. The minimum absolute atomic E-state index is 0.0199. The molecule has 2 heterocycles. The van der Waals surface area contributed by atoms with E-state index >= 15 is 0 Å². The molecule has 1 atom stereocenters. The van der Waals surface area contributed by atoms with Gasteiger partial charge in [-0.25, -0.2) is 0 Å². The van der Waals surface area contributed by atoms with E-state index in [-0.39, 0.29) is 5.04 Å². The quantitative estimate of drug-likeness (QED) is 0.716. The van der Waals surface area contributed by atoms with E-state index in [9.17, 15) is 4.80 Å². The lowest BCUT2D eigenvalue weighted by atomic mass is 9.89. The van der Waals surface area contributed by atoms with Gasteiger partial charge in [0.25, 0.3) is 0 Å². The summed E-state index contributed by atoms with van der Waals surface area (Å²) in [5, 5.41) is 0.0199. The summed E-state index contributed by atoms with van der Waals surface area (Å²) in [5.41, 5.74) is 10.4. The zero-order valence-electron chi connectivity index (χ0n) is 17.1. The molecule has 0 saturated heterocycles. The van der Waals surface area contributed by atoms with Crippen LogP contribution in [0.2, 0.25) is 18.1 Å². The van der Waals surface area contributed by atoms with Crippen LogP contribution < -0.4 is 10.6 Å². The van der Waals surface area contributed by atoms with Gasteiger partial charge in [0.05, 0.1) is 23.3 Å². The van der Waals surface area contributed by atoms with E-state index in [4.69, 9.17) is 5.73 Å². The molecule has 1 aromatic carbocycles. The minimum Gasteiger partial charge on any atom is -0.432 e. The molecule has 1 unspecified atom stereocenters. The molecule has 3 rings (SSSR count). The molecule has 1 aliphatic rings. The van der Waals surface area contributed by atoms with Gasteiger partial charge in [0.2, 0.25) is 0 Å². The molecule has 0 bridgehead atoms. The molecular weight excluding hydrogens is 350 g/mol. The summed E-state index contributed by atoms with van der Waals surface area (Å²) in [4.78, 5) is 17.7. The fourth-order valence-electron chi connectivity index (χ4n) is 3.69. The van der Waals surface area contributed by atoms with Gasteiger partial charge in [-0.05, 0) is 54.9 Å². The maximum Gasteiger partial charge on any atom is 0.188 e. The smallest absolute Gasteiger partial charge is 0.188 e. The van der Waals surface area contributed by atoms with Crippen LogP contribution in [0, 0.1) is 5.92 Å². The van der Waals surface area contributed by atoms with E-state index in [1.54, 1.807) is 6.20 Å². The first kappa shape index (κ1) is 19.9. The van der Waals surface area contributed by atoms with Crippen molar-refractivity contribution in [1.82, 2.24) is 4.98 Å². The monoisotopic (exact) mass is 383 g/mol. The number of benzene rings is 1. The Bertz CT molecular complexity index is 771. The zero-order chi connectivity index (χ0) is 19.7. The van der Waals surface area contributed by atoms with Crippen LogP contribution in [0.4, 0.5) is 11.4 Å². The van der Waals surface area contributed by atoms with Crippen LogP contribution in [0.5, 0.6) is 0 Å². The van der Waals surface area contributed by atoms with Gasteiger partial charge in [-0.2, -0.15) is 0 Å². The number of hydrogen-bond donors (Lipinski definition) is 2. The van der Waals surface area contributed by atoms with Gasteiger partial charge in [0.1, 0.15) is 0 Å². The summed E-state index contributed by atoms with van der Waals surface area (Å²) in [6.07, 6.45) is 4.93. The Labute approximate surface area is 164 Å². The minimum atomic E-state index is -2.17. The van der Waals surface area contributed by atoms with Crippen molar-refractivity contribution in [3.63, 3.8) is 0 Å². The first-order valence-corrected chi connectivity index (χ1v) is 12.9. The molecule has 5 heteroatoms. The van der Waals surface area contributed by atoms with Gasteiger partial charge < -0.3 is 15.4 Å². The summed E-state index contributed by atoms with van der Waals surface area (Å²) in [7, 11) is -2.17. The summed E-state index contributed by atoms with van der Waals surface area (Å²) >= 11 is 0. The van der Waals surface area contributed by atoms with E-state index in [0.717, 1.165) is 43.7 Å². The predicted molar refractivity (Wildman–Crippen MR) is 116 cm³/mol. The van der Waals surface area contributed by atoms with Crippen molar-refractivity contribution in [2.75, 3.05) is 17.2 Å². The molecule has 27 heavy (non-hydrogen) atoms. The summed E-state index contributed by atoms with van der Waals surface area (Å²) in [5.74, 6) is 0.549. The molecule has 1 aromatic heterocycles. The van der Waals surface area contributed by atoms with Crippen molar-refractivity contribution in [1.29, 1.82) is 0 Å². The van der Waals surface area contributed by atoms with Crippen molar-refractivity contribution in [2.24, 2.45) is 5.92 Å². The molecule has 0 saturated carbocycles. The highest BCUT2D eigenvalue weighted by molar-refractivity contribution is 6.72. The number of fused-ring (bicyclic) bond motifs is 1. The largest absolute Gasteiger partial charge is 0.432 e. The van der Waals surface area contributed by atoms with E-state index < -0.39 is 8.32 Å². The van der Waals surface area contributed by atoms with Crippen LogP contribution in [0.15, 0.2) is 42.6 Å². The Morgan fingerprint density at radius 1 is 1.26 bits per heavy atom. The lowest BCUT2D eigenvalue weighted by Crippen LogP contribution is -2.40. The number of nitrogens with zero attached hydrogens (tertiary/aromatic N) is 2. The molecule has 0 aliphatic carbocycles. The molecule has 3 N–H and O–H groups in total. The number of nitrogens with two attached hydrogens (primary N) is 1. The van der Waals surface area contributed by atoms with E-state index in [1.165, 1.54) is 11.3 Å². The Morgan fingerprint density at radius 2 is 1.96 bits per heavy atom. The number of anilines is 2. The second-order valence-corrected chi connectivity index (χ2v) is 13.6. The maximum atomic E-state index is 10.6. The standard InChI is InChI=1S/C22H33N3OSi/c1-22(2,27(3,4)26)11-10-18-12-20-21(13-19(23)14-24-20)25(16-18)15-17-8-6-5-7-9-17/h5-9,13-14,18,26H,10-12,15-16,23H2,1-4H3. The first-order valence-electron chi connectivity index (χ1n) is 9.91. The number of aromatic nitrogens is 1. The van der Waals surface area contributed by atoms with Crippen LogP contribution >= 0.6 is 0 Å². The molecule has 1 aliphatic heterocycles. The Morgan fingerprint density at radius 3 is 2.63 bits per heavy atom. The van der Waals surface area contributed by atoms with Gasteiger partial charge in [0.15, 0.2) is 8.32 Å². The van der Waals surface area contributed by atoms with Crippen molar-refractivity contribution in [3.8, 4) is 0 Å². The summed E-state index contributed by atoms with van der Waals surface area (Å²) < 4.78 is 0. The van der Waals surface area contributed by atoms with Crippen molar-refractivity contribution in [3.05, 3.63) is 53.9 Å². The lowest BCUT2D eigenvalue weighted by Gasteiger charge is -2.39. The average molecular weight is 384 g/mol. The number of pyridine rings is 1. The van der Waals surface area contributed by atoms with Crippen LogP contribution in [-0.2, 0) is 13.0 Å². The van der Waals surface area contributed by atoms with Gasteiger partial charge >= 0.3 is 0 Å². The third kappa shape index (κ3) is 4.71. The second-order valence-electron chi connectivity index (χ2n) is 9.15. The molecule has 146 valence electrons. The second kappa shape index (κ2) is 7.64. The molecule has 0 fully saturated rings. The summed E-state index contributed by atoms with van der Waals surface area (Å²) in [6.45, 7) is 10.4. The lowest BCUT2D eigenvalue weighted by molar-refractivity contribution is 0.379. The highest BCUT2D eigenvalue weighted by Gasteiger charge is 2.38. The maximum absolute atomic E-state index is 10.6. The Kier molecular flexibility index (Phi) is 5.63. The predicted octanol–water partition coefficient (Wildman–Crippen LogP) is 4.60. The van der Waals surface area contributed by atoms with Gasteiger partial charge in [-0.1, -0.05) is 44.2 Å². The topological polar surface area (TPSA) is 62.4 Å². The van der Waals surface area contributed by atoms with Crippen molar-refractivity contribution in [2.45, 2.75) is 57.8 Å². The first-order chi connectivity index (χ1) is 12.7. The Hall–Kier alpha value is -1.85. The fraction of sp³-hybridized carbons (Fsp3) is 0.500. The zero-order valence-corrected chi connectivity index (χ0v) is 18.1. The summed E-state index contributed by atoms with van der Waals surface area (Å²) in [6, 6.07) is 12.6.